The highest BCUT2D eigenvalue weighted by molar-refractivity contribution is 8.00. The first-order chi connectivity index (χ1) is 19.4. The van der Waals surface area contributed by atoms with Gasteiger partial charge >= 0.3 is 5.91 Å². The minimum Gasteiger partial charge on any atom is -0.507 e. The Morgan fingerprint density at radius 3 is 2.50 bits per heavy atom. The number of aliphatic hydroxyl groups excluding tert-OH is 1. The number of aliphatic hydroxyl groups is 1. The van der Waals surface area contributed by atoms with E-state index in [1.165, 1.54) is 35.1 Å². The van der Waals surface area contributed by atoms with Gasteiger partial charge in [0.25, 0.3) is 5.78 Å². The predicted molar refractivity (Wildman–Crippen MR) is 156 cm³/mol. The summed E-state index contributed by atoms with van der Waals surface area (Å²) in [5.74, 6) is -0.113. The van der Waals surface area contributed by atoms with Gasteiger partial charge in [0.2, 0.25) is 5.13 Å². The van der Waals surface area contributed by atoms with E-state index in [4.69, 9.17) is 21.1 Å². The van der Waals surface area contributed by atoms with Crippen molar-refractivity contribution >= 4 is 57.3 Å². The standard InChI is InChI=1S/C29H24ClN3O5S2/c1-3-38-21-13-9-18(10-14-21)25(34)23-24(19-5-4-6-22(15-19)37-2)33(27(36)26(23)35)28-31-32-29(40-28)39-16-17-7-11-20(30)12-8-17/h4-15,24,34H,3,16H2,1-2H3/b25-23-. The minimum absolute atomic E-state index is 0.0482. The molecule has 1 amide bonds. The number of hydrogen-bond acceptors (Lipinski definition) is 9. The van der Waals surface area contributed by atoms with E-state index < -0.39 is 17.7 Å². The molecule has 1 N–H and O–H groups in total. The van der Waals surface area contributed by atoms with Gasteiger partial charge in [-0.2, -0.15) is 0 Å². The molecule has 11 heteroatoms. The highest BCUT2D eigenvalue weighted by atomic mass is 35.5. The number of nitrogens with zero attached hydrogens (tertiary/aromatic N) is 3. The maximum atomic E-state index is 13.4. The van der Waals surface area contributed by atoms with Crippen LogP contribution in [-0.2, 0) is 15.3 Å². The Morgan fingerprint density at radius 1 is 1.05 bits per heavy atom. The first-order valence-corrected chi connectivity index (χ1v) is 14.5. The lowest BCUT2D eigenvalue weighted by Gasteiger charge is -2.23. The van der Waals surface area contributed by atoms with Crippen molar-refractivity contribution in [3.05, 3.63) is 100 Å². The molecule has 0 radical (unpaired) electrons. The highest BCUT2D eigenvalue weighted by Gasteiger charge is 2.48. The smallest absolute Gasteiger partial charge is 0.301 e. The predicted octanol–water partition coefficient (Wildman–Crippen LogP) is 6.52. The van der Waals surface area contributed by atoms with Crippen LogP contribution in [0.3, 0.4) is 0 Å². The van der Waals surface area contributed by atoms with E-state index in [-0.39, 0.29) is 16.5 Å². The second-order valence-electron chi connectivity index (χ2n) is 8.67. The molecular formula is C29H24ClN3O5S2. The number of benzene rings is 3. The number of thioether (sulfide) groups is 1. The van der Waals surface area contributed by atoms with Gasteiger partial charge in [-0.15, -0.1) is 10.2 Å². The summed E-state index contributed by atoms with van der Waals surface area (Å²) in [4.78, 5) is 28.2. The molecule has 3 aromatic carbocycles. The first-order valence-electron chi connectivity index (χ1n) is 12.3. The average Bonchev–Trinajstić information content (AvgIpc) is 3.55. The Morgan fingerprint density at radius 2 is 1.80 bits per heavy atom. The fraction of sp³-hybridized carbons (Fsp3) is 0.172. The van der Waals surface area contributed by atoms with Gasteiger partial charge in [-0.25, -0.2) is 0 Å². The molecule has 0 aliphatic carbocycles. The molecular weight excluding hydrogens is 570 g/mol. The Hall–Kier alpha value is -3.86. The number of ketones is 1. The van der Waals surface area contributed by atoms with Crippen molar-refractivity contribution in [3.63, 3.8) is 0 Å². The molecule has 8 nitrogen and oxygen atoms in total. The quantitative estimate of drug-likeness (QED) is 0.0769. The number of rotatable bonds is 9. The zero-order valence-electron chi connectivity index (χ0n) is 21.5. The molecule has 2 heterocycles. The Labute approximate surface area is 244 Å². The molecule has 1 unspecified atom stereocenters. The molecule has 1 aromatic heterocycles. The number of amides is 1. The van der Waals surface area contributed by atoms with E-state index in [2.05, 4.69) is 10.2 Å². The average molecular weight is 594 g/mol. The lowest BCUT2D eigenvalue weighted by atomic mass is 9.95. The third kappa shape index (κ3) is 5.70. The first kappa shape index (κ1) is 27.7. The zero-order chi connectivity index (χ0) is 28.2. The molecule has 1 aliphatic rings. The van der Waals surface area contributed by atoms with E-state index >= 15 is 0 Å². The summed E-state index contributed by atoms with van der Waals surface area (Å²) in [6, 6.07) is 20.3. The summed E-state index contributed by atoms with van der Waals surface area (Å²) < 4.78 is 11.5. The van der Waals surface area contributed by atoms with Crippen molar-refractivity contribution < 1.29 is 24.2 Å². The van der Waals surface area contributed by atoms with Gasteiger partial charge in [-0.3, -0.25) is 14.5 Å². The fourth-order valence-electron chi connectivity index (χ4n) is 4.27. The van der Waals surface area contributed by atoms with Gasteiger partial charge in [0.1, 0.15) is 17.3 Å². The van der Waals surface area contributed by atoms with E-state index in [9.17, 15) is 14.7 Å². The van der Waals surface area contributed by atoms with Crippen LogP contribution in [0.5, 0.6) is 11.5 Å². The van der Waals surface area contributed by atoms with Gasteiger partial charge in [0.15, 0.2) is 4.34 Å². The number of carbonyl (C=O) groups is 2. The third-order valence-electron chi connectivity index (χ3n) is 6.17. The molecule has 204 valence electrons. The number of carbonyl (C=O) groups excluding carboxylic acids is 2. The maximum absolute atomic E-state index is 13.4. The largest absolute Gasteiger partial charge is 0.507 e. The van der Waals surface area contributed by atoms with Crippen LogP contribution < -0.4 is 14.4 Å². The van der Waals surface area contributed by atoms with Crippen LogP contribution in [0.25, 0.3) is 5.76 Å². The normalized spacial score (nSPS) is 16.4. The van der Waals surface area contributed by atoms with Gasteiger partial charge in [0.05, 0.1) is 25.3 Å². The molecule has 0 bridgehead atoms. The van der Waals surface area contributed by atoms with Crippen LogP contribution in [0.4, 0.5) is 5.13 Å². The fourth-order valence-corrected chi connectivity index (χ4v) is 6.22. The summed E-state index contributed by atoms with van der Waals surface area (Å²) in [5.41, 5.74) is 1.97. The minimum atomic E-state index is -0.941. The third-order valence-corrected chi connectivity index (χ3v) is 8.55. The Balaban J connectivity index is 1.53. The number of halogens is 1. The number of methoxy groups -OCH3 is 1. The zero-order valence-corrected chi connectivity index (χ0v) is 23.9. The van der Waals surface area contributed by atoms with Gasteiger partial charge in [-0.1, -0.05) is 59.0 Å². The summed E-state index contributed by atoms with van der Waals surface area (Å²) in [7, 11) is 1.53. The number of ether oxygens (including phenoxy) is 2. The van der Waals surface area contributed by atoms with Gasteiger partial charge in [0, 0.05) is 16.3 Å². The number of Topliss-reactive ketones (excluding diaryl/α,β-unsaturated/α-hetero) is 1. The molecule has 4 aromatic rings. The van der Waals surface area contributed by atoms with E-state index in [0.717, 1.165) is 5.56 Å². The van der Waals surface area contributed by atoms with Gasteiger partial charge < -0.3 is 14.6 Å². The van der Waals surface area contributed by atoms with E-state index in [0.29, 0.717) is 44.3 Å². The van der Waals surface area contributed by atoms with Crippen LogP contribution in [0.1, 0.15) is 29.7 Å². The molecule has 0 saturated carbocycles. The van der Waals surface area contributed by atoms with Crippen molar-refractivity contribution in [2.45, 2.75) is 23.1 Å². The SMILES string of the molecule is CCOc1ccc(/C(O)=C2/C(=O)C(=O)N(c3nnc(SCc4ccc(Cl)cc4)s3)C2c2cccc(OC)c2)cc1. The lowest BCUT2D eigenvalue weighted by Crippen LogP contribution is -2.29. The van der Waals surface area contributed by atoms with Crippen molar-refractivity contribution in [2.24, 2.45) is 0 Å². The summed E-state index contributed by atoms with van der Waals surface area (Å²) in [6.07, 6.45) is 0. The summed E-state index contributed by atoms with van der Waals surface area (Å²) >= 11 is 8.64. The van der Waals surface area contributed by atoms with E-state index in [1.54, 1.807) is 48.5 Å². The maximum Gasteiger partial charge on any atom is 0.301 e. The van der Waals surface area contributed by atoms with Gasteiger partial charge in [-0.05, 0) is 66.6 Å². The monoisotopic (exact) mass is 593 g/mol. The van der Waals surface area contributed by atoms with E-state index in [1.807, 2.05) is 31.2 Å². The van der Waals surface area contributed by atoms with Crippen molar-refractivity contribution in [2.75, 3.05) is 18.6 Å². The second-order valence-corrected chi connectivity index (χ2v) is 11.3. The van der Waals surface area contributed by atoms with Crippen LogP contribution in [-0.4, -0.2) is 40.7 Å². The number of hydrogen-bond donors (Lipinski definition) is 1. The molecule has 40 heavy (non-hydrogen) atoms. The molecule has 1 saturated heterocycles. The topological polar surface area (TPSA) is 102 Å². The summed E-state index contributed by atoms with van der Waals surface area (Å²) in [5, 5.41) is 20.8. The van der Waals surface area contributed by atoms with Crippen LogP contribution >= 0.6 is 34.7 Å². The summed E-state index contributed by atoms with van der Waals surface area (Å²) in [6.45, 7) is 2.37. The van der Waals surface area contributed by atoms with Crippen LogP contribution in [0.15, 0.2) is 82.7 Å². The Kier molecular flexibility index (Phi) is 8.39. The molecule has 0 spiro atoms. The van der Waals surface area contributed by atoms with Crippen molar-refractivity contribution in [1.29, 1.82) is 0 Å². The number of anilines is 1. The molecule has 1 atom stereocenters. The highest BCUT2D eigenvalue weighted by Crippen LogP contribution is 2.44. The molecule has 1 fully saturated rings. The van der Waals surface area contributed by atoms with Crippen LogP contribution in [0, 0.1) is 0 Å². The second kappa shape index (κ2) is 12.1. The lowest BCUT2D eigenvalue weighted by molar-refractivity contribution is -0.132. The van der Waals surface area contributed by atoms with Crippen molar-refractivity contribution in [3.8, 4) is 11.5 Å². The molecule has 5 rings (SSSR count). The van der Waals surface area contributed by atoms with Crippen molar-refractivity contribution in [1.82, 2.24) is 10.2 Å². The molecule has 1 aliphatic heterocycles. The Bertz CT molecular complexity index is 1570. The van der Waals surface area contributed by atoms with Crippen LogP contribution in [0.2, 0.25) is 5.02 Å². The number of aromatic nitrogens is 2.